The molecular formula is C11H13BrFNO. The highest BCUT2D eigenvalue weighted by atomic mass is 79.9. The Hall–Kier alpha value is -0.900. The molecule has 0 radical (unpaired) electrons. The van der Waals surface area contributed by atoms with Crippen molar-refractivity contribution in [2.24, 2.45) is 0 Å². The third kappa shape index (κ3) is 3.30. The fraction of sp³-hybridized carbons (Fsp3) is 0.364. The minimum atomic E-state index is -0.283. The molecule has 0 fully saturated rings. The molecule has 0 atom stereocenters. The first-order valence-electron chi connectivity index (χ1n) is 4.72. The third-order valence-corrected chi connectivity index (χ3v) is 2.64. The van der Waals surface area contributed by atoms with Crippen molar-refractivity contribution >= 4 is 21.8 Å². The van der Waals surface area contributed by atoms with E-state index in [4.69, 9.17) is 0 Å². The molecule has 0 spiro atoms. The van der Waals surface area contributed by atoms with Crippen LogP contribution < -0.4 is 0 Å². The summed E-state index contributed by atoms with van der Waals surface area (Å²) < 4.78 is 14.2. The number of hydrogen-bond donors (Lipinski definition) is 0. The number of hydrogen-bond acceptors (Lipinski definition) is 1. The topological polar surface area (TPSA) is 20.3 Å². The van der Waals surface area contributed by atoms with Crippen LogP contribution in [0.3, 0.4) is 0 Å². The maximum absolute atomic E-state index is 13.3. The summed E-state index contributed by atoms with van der Waals surface area (Å²) in [4.78, 5) is 12.8. The van der Waals surface area contributed by atoms with E-state index >= 15 is 0 Å². The molecule has 0 aliphatic heterocycles. The van der Waals surface area contributed by atoms with Crippen LogP contribution in [0, 0.1) is 5.82 Å². The van der Waals surface area contributed by atoms with Gasteiger partial charge in [0.2, 0.25) is 5.91 Å². The van der Waals surface area contributed by atoms with Gasteiger partial charge in [0.1, 0.15) is 5.82 Å². The van der Waals surface area contributed by atoms with E-state index in [0.29, 0.717) is 18.5 Å². The van der Waals surface area contributed by atoms with Gasteiger partial charge in [0, 0.05) is 30.0 Å². The van der Waals surface area contributed by atoms with E-state index in [-0.39, 0.29) is 11.7 Å². The van der Waals surface area contributed by atoms with Crippen LogP contribution >= 0.6 is 15.9 Å². The smallest absolute Gasteiger partial charge is 0.222 e. The fourth-order valence-corrected chi connectivity index (χ4v) is 1.69. The number of carbonyl (C=O) groups is 1. The van der Waals surface area contributed by atoms with Crippen LogP contribution in [0.2, 0.25) is 0 Å². The molecule has 15 heavy (non-hydrogen) atoms. The fourth-order valence-electron chi connectivity index (χ4n) is 1.28. The predicted octanol–water partition coefficient (Wildman–Crippen LogP) is 2.96. The van der Waals surface area contributed by atoms with E-state index < -0.39 is 0 Å². The molecule has 0 aliphatic rings. The maximum Gasteiger partial charge on any atom is 0.222 e. The lowest BCUT2D eigenvalue weighted by molar-refractivity contribution is -0.130. The summed E-state index contributed by atoms with van der Waals surface area (Å²) in [5.74, 6) is -0.275. The Balaban J connectivity index is 2.80. The Morgan fingerprint density at radius 3 is 2.80 bits per heavy atom. The number of rotatable bonds is 3. The summed E-state index contributed by atoms with van der Waals surface area (Å²) >= 11 is 3.27. The molecule has 0 aliphatic carbocycles. The van der Waals surface area contributed by atoms with Gasteiger partial charge in [-0.25, -0.2) is 4.39 Å². The molecule has 0 unspecified atom stereocenters. The molecule has 0 aromatic heterocycles. The Bertz CT molecular complexity index is 368. The minimum absolute atomic E-state index is 0.00868. The summed E-state index contributed by atoms with van der Waals surface area (Å²) in [5.41, 5.74) is 0.522. The van der Waals surface area contributed by atoms with Gasteiger partial charge in [-0.3, -0.25) is 4.79 Å². The largest absolute Gasteiger partial charge is 0.341 e. The second-order valence-corrected chi connectivity index (χ2v) is 4.25. The van der Waals surface area contributed by atoms with Crippen LogP contribution in [0.15, 0.2) is 22.7 Å². The van der Waals surface area contributed by atoms with E-state index in [1.54, 1.807) is 26.1 Å². The van der Waals surface area contributed by atoms with E-state index in [1.807, 2.05) is 0 Å². The molecule has 2 nitrogen and oxygen atoms in total. The highest BCUT2D eigenvalue weighted by Gasteiger charge is 2.09. The summed E-state index contributed by atoms with van der Waals surface area (Å²) in [5, 5.41) is 0. The van der Waals surface area contributed by atoms with Gasteiger partial charge in [0.15, 0.2) is 0 Å². The SMILES string of the molecule is CCC(=O)N(C)Cc1cc(Br)ccc1F. The van der Waals surface area contributed by atoms with Crippen LogP contribution in [-0.2, 0) is 11.3 Å². The third-order valence-electron chi connectivity index (χ3n) is 2.14. The number of nitrogens with zero attached hydrogens (tertiary/aromatic N) is 1. The zero-order valence-electron chi connectivity index (χ0n) is 8.76. The summed E-state index contributed by atoms with van der Waals surface area (Å²) in [6.07, 6.45) is 0.437. The monoisotopic (exact) mass is 273 g/mol. The molecule has 1 aromatic rings. The van der Waals surface area contributed by atoms with Crippen LogP contribution in [0.4, 0.5) is 4.39 Å². The van der Waals surface area contributed by atoms with Crippen LogP contribution in [0.1, 0.15) is 18.9 Å². The van der Waals surface area contributed by atoms with Gasteiger partial charge in [-0.2, -0.15) is 0 Å². The number of benzene rings is 1. The molecule has 1 rings (SSSR count). The highest BCUT2D eigenvalue weighted by Crippen LogP contribution is 2.16. The summed E-state index contributed by atoms with van der Waals surface area (Å²) in [7, 11) is 1.67. The van der Waals surface area contributed by atoms with Crippen molar-refractivity contribution in [3.8, 4) is 0 Å². The van der Waals surface area contributed by atoms with Gasteiger partial charge in [0.05, 0.1) is 0 Å². The predicted molar refractivity (Wildman–Crippen MR) is 60.9 cm³/mol. The van der Waals surface area contributed by atoms with Gasteiger partial charge < -0.3 is 4.90 Å². The van der Waals surface area contributed by atoms with Crippen molar-refractivity contribution < 1.29 is 9.18 Å². The lowest BCUT2D eigenvalue weighted by Crippen LogP contribution is -2.25. The summed E-state index contributed by atoms with van der Waals surface area (Å²) in [6.45, 7) is 2.09. The second kappa shape index (κ2) is 5.26. The molecule has 0 saturated heterocycles. The Morgan fingerprint density at radius 1 is 1.53 bits per heavy atom. The molecule has 1 aromatic carbocycles. The number of carbonyl (C=O) groups excluding carboxylic acids is 1. The zero-order valence-corrected chi connectivity index (χ0v) is 10.3. The van der Waals surface area contributed by atoms with E-state index in [9.17, 15) is 9.18 Å². The molecule has 0 bridgehead atoms. The Morgan fingerprint density at radius 2 is 2.20 bits per heavy atom. The van der Waals surface area contributed by atoms with Gasteiger partial charge in [-0.15, -0.1) is 0 Å². The van der Waals surface area contributed by atoms with Crippen molar-refractivity contribution in [2.75, 3.05) is 7.05 Å². The standard InChI is InChI=1S/C11H13BrFNO/c1-3-11(15)14(2)7-8-6-9(12)4-5-10(8)13/h4-6H,3,7H2,1-2H3. The van der Waals surface area contributed by atoms with Crippen LogP contribution in [0.5, 0.6) is 0 Å². The van der Waals surface area contributed by atoms with Gasteiger partial charge in [-0.05, 0) is 18.2 Å². The minimum Gasteiger partial charge on any atom is -0.341 e. The second-order valence-electron chi connectivity index (χ2n) is 3.34. The van der Waals surface area contributed by atoms with Crippen molar-refractivity contribution in [3.63, 3.8) is 0 Å². The zero-order chi connectivity index (χ0) is 11.4. The van der Waals surface area contributed by atoms with Gasteiger partial charge in [0.25, 0.3) is 0 Å². The normalized spacial score (nSPS) is 10.1. The summed E-state index contributed by atoms with van der Waals surface area (Å²) in [6, 6.07) is 4.72. The Kier molecular flexibility index (Phi) is 4.27. The molecule has 82 valence electrons. The van der Waals surface area contributed by atoms with E-state index in [0.717, 1.165) is 4.47 Å². The van der Waals surface area contributed by atoms with Gasteiger partial charge in [-0.1, -0.05) is 22.9 Å². The molecule has 0 heterocycles. The van der Waals surface area contributed by atoms with Crippen molar-refractivity contribution in [1.82, 2.24) is 4.90 Å². The highest BCUT2D eigenvalue weighted by molar-refractivity contribution is 9.10. The quantitative estimate of drug-likeness (QED) is 0.829. The van der Waals surface area contributed by atoms with Crippen molar-refractivity contribution in [1.29, 1.82) is 0 Å². The first-order valence-corrected chi connectivity index (χ1v) is 5.51. The van der Waals surface area contributed by atoms with Crippen molar-refractivity contribution in [3.05, 3.63) is 34.1 Å². The molecule has 4 heteroatoms. The molecule has 0 N–H and O–H groups in total. The molecule has 0 saturated carbocycles. The van der Waals surface area contributed by atoms with Crippen LogP contribution in [-0.4, -0.2) is 17.9 Å². The number of halogens is 2. The molecule has 1 amide bonds. The lowest BCUT2D eigenvalue weighted by Gasteiger charge is -2.16. The van der Waals surface area contributed by atoms with Gasteiger partial charge >= 0.3 is 0 Å². The van der Waals surface area contributed by atoms with E-state index in [1.165, 1.54) is 11.0 Å². The molecular weight excluding hydrogens is 261 g/mol. The van der Waals surface area contributed by atoms with Crippen LogP contribution in [0.25, 0.3) is 0 Å². The van der Waals surface area contributed by atoms with Crippen molar-refractivity contribution in [2.45, 2.75) is 19.9 Å². The number of amides is 1. The van der Waals surface area contributed by atoms with E-state index in [2.05, 4.69) is 15.9 Å². The Labute approximate surface area is 97.2 Å². The average Bonchev–Trinajstić information content (AvgIpc) is 2.22. The average molecular weight is 274 g/mol. The first kappa shape index (κ1) is 12.2. The maximum atomic E-state index is 13.3. The lowest BCUT2D eigenvalue weighted by atomic mass is 10.2. The first-order chi connectivity index (χ1) is 7.04.